The molecule has 4 nitrogen and oxygen atoms in total. The maximum absolute atomic E-state index is 12.2. The summed E-state index contributed by atoms with van der Waals surface area (Å²) >= 11 is 0. The Balaban J connectivity index is 1.98. The number of furan rings is 1. The number of nitrogens with one attached hydrogen (secondary N) is 1. The van der Waals surface area contributed by atoms with Crippen molar-refractivity contribution in [2.24, 2.45) is 5.41 Å². The molecule has 0 atom stereocenters. The van der Waals surface area contributed by atoms with Crippen molar-refractivity contribution in [2.45, 2.75) is 45.1 Å². The zero-order chi connectivity index (χ0) is 12.8. The van der Waals surface area contributed by atoms with E-state index in [0.29, 0.717) is 25.1 Å². The van der Waals surface area contributed by atoms with Crippen LogP contribution in [0.4, 0.5) is 0 Å². The molecule has 96 valence electrons. The minimum atomic E-state index is -0.830. The van der Waals surface area contributed by atoms with Gasteiger partial charge >= 0.3 is 0 Å². The van der Waals surface area contributed by atoms with E-state index < -0.39 is 5.41 Å². The van der Waals surface area contributed by atoms with Gasteiger partial charge in [-0.05, 0) is 25.0 Å². The van der Waals surface area contributed by atoms with E-state index in [1.165, 1.54) is 0 Å². The lowest BCUT2D eigenvalue weighted by atomic mass is 9.81. The highest BCUT2D eigenvalue weighted by molar-refractivity contribution is 5.85. The highest BCUT2D eigenvalue weighted by Crippen LogP contribution is 2.34. The van der Waals surface area contributed by atoms with Crippen LogP contribution in [0.25, 0.3) is 0 Å². The molecule has 1 saturated carbocycles. The van der Waals surface area contributed by atoms with Crippen molar-refractivity contribution in [1.29, 1.82) is 5.26 Å². The van der Waals surface area contributed by atoms with Gasteiger partial charge in [-0.15, -0.1) is 0 Å². The van der Waals surface area contributed by atoms with Crippen molar-refractivity contribution in [2.75, 3.05) is 0 Å². The third-order valence-corrected chi connectivity index (χ3v) is 3.61. The molecular weight excluding hydrogens is 228 g/mol. The Kier molecular flexibility index (Phi) is 4.03. The number of hydrogen-bond donors (Lipinski definition) is 1. The summed E-state index contributed by atoms with van der Waals surface area (Å²) in [7, 11) is 0. The molecule has 0 aromatic carbocycles. The SMILES string of the molecule is N#CC1(C(=O)NCc2ccco2)CCCCCC1. The number of carbonyl (C=O) groups is 1. The van der Waals surface area contributed by atoms with Crippen LogP contribution in [0.5, 0.6) is 0 Å². The molecule has 1 fully saturated rings. The third-order valence-electron chi connectivity index (χ3n) is 3.61. The number of hydrogen-bond acceptors (Lipinski definition) is 3. The van der Waals surface area contributed by atoms with Crippen molar-refractivity contribution in [1.82, 2.24) is 5.32 Å². The molecule has 1 aromatic rings. The van der Waals surface area contributed by atoms with Gasteiger partial charge in [0.1, 0.15) is 11.2 Å². The predicted octanol–water partition coefficient (Wildman–Crippen LogP) is 2.76. The molecule has 0 spiro atoms. The number of nitriles is 1. The predicted molar refractivity (Wildman–Crippen MR) is 66.3 cm³/mol. The van der Waals surface area contributed by atoms with E-state index in [0.717, 1.165) is 25.7 Å². The quantitative estimate of drug-likeness (QED) is 0.834. The van der Waals surface area contributed by atoms with Crippen molar-refractivity contribution < 1.29 is 9.21 Å². The molecule has 0 unspecified atom stereocenters. The molecule has 0 aliphatic heterocycles. The summed E-state index contributed by atoms with van der Waals surface area (Å²) in [6.07, 6.45) is 7.08. The maximum atomic E-state index is 12.2. The number of carbonyl (C=O) groups excluding carboxylic acids is 1. The van der Waals surface area contributed by atoms with E-state index in [9.17, 15) is 10.1 Å². The molecule has 18 heavy (non-hydrogen) atoms. The van der Waals surface area contributed by atoms with Gasteiger partial charge in [-0.2, -0.15) is 5.26 Å². The van der Waals surface area contributed by atoms with Crippen LogP contribution in [0, 0.1) is 16.7 Å². The van der Waals surface area contributed by atoms with E-state index in [4.69, 9.17) is 4.42 Å². The molecule has 1 aliphatic carbocycles. The molecule has 0 bridgehead atoms. The zero-order valence-electron chi connectivity index (χ0n) is 10.4. The first-order valence-corrected chi connectivity index (χ1v) is 6.49. The second-order valence-electron chi connectivity index (χ2n) is 4.87. The average molecular weight is 246 g/mol. The summed E-state index contributed by atoms with van der Waals surface area (Å²) in [6, 6.07) is 5.84. The molecule has 2 rings (SSSR count). The Morgan fingerprint density at radius 3 is 2.67 bits per heavy atom. The lowest BCUT2D eigenvalue weighted by molar-refractivity contribution is -0.129. The largest absolute Gasteiger partial charge is 0.467 e. The fourth-order valence-corrected chi connectivity index (χ4v) is 2.47. The van der Waals surface area contributed by atoms with Crippen molar-refractivity contribution in [3.8, 4) is 6.07 Å². The molecule has 1 aliphatic rings. The Hall–Kier alpha value is -1.76. The molecule has 1 N–H and O–H groups in total. The van der Waals surface area contributed by atoms with Gasteiger partial charge in [0.25, 0.3) is 0 Å². The number of rotatable bonds is 3. The second-order valence-corrected chi connectivity index (χ2v) is 4.87. The second kappa shape index (κ2) is 5.72. The highest BCUT2D eigenvalue weighted by Gasteiger charge is 2.38. The lowest BCUT2D eigenvalue weighted by Crippen LogP contribution is -2.39. The topological polar surface area (TPSA) is 66.0 Å². The van der Waals surface area contributed by atoms with Crippen LogP contribution in [-0.4, -0.2) is 5.91 Å². The summed E-state index contributed by atoms with van der Waals surface area (Å²) in [4.78, 5) is 12.2. The summed E-state index contributed by atoms with van der Waals surface area (Å²) in [6.45, 7) is 0.356. The summed E-state index contributed by atoms with van der Waals surface area (Å²) in [5.41, 5.74) is -0.830. The molecular formula is C14H18N2O2. The molecule has 0 radical (unpaired) electrons. The molecule has 1 amide bonds. The standard InChI is InChI=1S/C14H18N2O2/c15-11-14(7-3-1-2-4-8-14)13(17)16-10-12-6-5-9-18-12/h5-6,9H,1-4,7-8,10H2,(H,16,17). The third kappa shape index (κ3) is 2.73. The Morgan fingerprint density at radius 2 is 2.11 bits per heavy atom. The Labute approximate surface area is 107 Å². The summed E-state index contributed by atoms with van der Waals surface area (Å²) in [5, 5.41) is 12.2. The minimum absolute atomic E-state index is 0.150. The highest BCUT2D eigenvalue weighted by atomic mass is 16.3. The first kappa shape index (κ1) is 12.7. The molecule has 0 saturated heterocycles. The molecule has 1 heterocycles. The van der Waals surface area contributed by atoms with Gasteiger partial charge in [-0.1, -0.05) is 25.7 Å². The van der Waals surface area contributed by atoms with Crippen molar-refractivity contribution in [3.63, 3.8) is 0 Å². The summed E-state index contributed by atoms with van der Waals surface area (Å²) in [5.74, 6) is 0.563. The fourth-order valence-electron chi connectivity index (χ4n) is 2.47. The Bertz CT molecular complexity index is 423. The van der Waals surface area contributed by atoms with Gasteiger partial charge in [-0.3, -0.25) is 4.79 Å². The van der Waals surface area contributed by atoms with Crippen molar-refractivity contribution in [3.05, 3.63) is 24.2 Å². The molecule has 4 heteroatoms. The van der Waals surface area contributed by atoms with Crippen LogP contribution >= 0.6 is 0 Å². The van der Waals surface area contributed by atoms with E-state index >= 15 is 0 Å². The van der Waals surface area contributed by atoms with Gasteiger partial charge in [0.2, 0.25) is 5.91 Å². The van der Waals surface area contributed by atoms with Crippen LogP contribution < -0.4 is 5.32 Å². The molecule has 1 aromatic heterocycles. The van der Waals surface area contributed by atoms with Gasteiger partial charge < -0.3 is 9.73 Å². The van der Waals surface area contributed by atoms with Crippen LogP contribution in [0.3, 0.4) is 0 Å². The van der Waals surface area contributed by atoms with Crippen molar-refractivity contribution >= 4 is 5.91 Å². The number of amides is 1. The van der Waals surface area contributed by atoms with Crippen LogP contribution in [0.2, 0.25) is 0 Å². The van der Waals surface area contributed by atoms with Crippen LogP contribution in [-0.2, 0) is 11.3 Å². The Morgan fingerprint density at radius 1 is 1.39 bits per heavy atom. The monoisotopic (exact) mass is 246 g/mol. The van der Waals surface area contributed by atoms with Gasteiger partial charge in [-0.25, -0.2) is 0 Å². The van der Waals surface area contributed by atoms with Gasteiger partial charge in [0.05, 0.1) is 18.9 Å². The summed E-state index contributed by atoms with van der Waals surface area (Å²) < 4.78 is 5.16. The maximum Gasteiger partial charge on any atom is 0.240 e. The fraction of sp³-hybridized carbons (Fsp3) is 0.571. The number of nitrogens with zero attached hydrogens (tertiary/aromatic N) is 1. The minimum Gasteiger partial charge on any atom is -0.467 e. The van der Waals surface area contributed by atoms with Crippen LogP contribution in [0.1, 0.15) is 44.3 Å². The van der Waals surface area contributed by atoms with E-state index in [2.05, 4.69) is 11.4 Å². The van der Waals surface area contributed by atoms with E-state index in [1.807, 2.05) is 6.07 Å². The normalized spacial score (nSPS) is 18.6. The lowest BCUT2D eigenvalue weighted by Gasteiger charge is -2.23. The zero-order valence-corrected chi connectivity index (χ0v) is 10.4. The van der Waals surface area contributed by atoms with Gasteiger partial charge in [0, 0.05) is 0 Å². The van der Waals surface area contributed by atoms with Gasteiger partial charge in [0.15, 0.2) is 0 Å². The van der Waals surface area contributed by atoms with E-state index in [-0.39, 0.29) is 5.91 Å². The smallest absolute Gasteiger partial charge is 0.240 e. The first-order chi connectivity index (χ1) is 8.77. The average Bonchev–Trinajstić information content (AvgIpc) is 2.79. The first-order valence-electron chi connectivity index (χ1n) is 6.49. The van der Waals surface area contributed by atoms with E-state index in [1.54, 1.807) is 12.3 Å². The van der Waals surface area contributed by atoms with Crippen LogP contribution in [0.15, 0.2) is 22.8 Å².